The zero-order valence-electron chi connectivity index (χ0n) is 54.7. The number of methoxy groups -OCH3 is 1. The van der Waals surface area contributed by atoms with Gasteiger partial charge in [0.05, 0.1) is 61.6 Å². The summed E-state index contributed by atoms with van der Waals surface area (Å²) in [6.07, 6.45) is -8.79. The first-order valence-electron chi connectivity index (χ1n) is 29.8. The fourth-order valence-corrected chi connectivity index (χ4v) is 14.0. The fraction of sp³-hybridized carbons (Fsp3) is 0.569. The summed E-state index contributed by atoms with van der Waals surface area (Å²) in [5.41, 5.74) is 4.70. The van der Waals surface area contributed by atoms with Crippen molar-refractivity contribution in [2.45, 2.75) is 135 Å². The molecule has 2 aromatic heterocycles. The van der Waals surface area contributed by atoms with Crippen LogP contribution in [-0.4, -0.2) is 220 Å². The molecule has 3 saturated heterocycles. The van der Waals surface area contributed by atoms with Crippen LogP contribution in [0.15, 0.2) is 53.9 Å². The quantitative estimate of drug-likeness (QED) is 0.0175. The molecule has 0 aliphatic carbocycles. The summed E-state index contributed by atoms with van der Waals surface area (Å²) in [7, 11) is -8.03. The fourth-order valence-electron chi connectivity index (χ4n) is 11.9. The number of nitrogens with two attached hydrogens (primary N) is 1. The molecule has 2 unspecified atom stereocenters. The Hall–Kier alpha value is -4.79. The van der Waals surface area contributed by atoms with E-state index in [1.54, 1.807) is 32.7 Å². The van der Waals surface area contributed by atoms with Gasteiger partial charge in [0.2, 0.25) is 0 Å². The van der Waals surface area contributed by atoms with Gasteiger partial charge in [0.15, 0.2) is 24.0 Å². The number of phosphoric ester groups is 2. The van der Waals surface area contributed by atoms with Crippen molar-refractivity contribution in [3.05, 3.63) is 65.5 Å². The van der Waals surface area contributed by atoms with Gasteiger partial charge in [-0.1, -0.05) is 57.4 Å². The van der Waals surface area contributed by atoms with E-state index in [-0.39, 0.29) is 104 Å². The van der Waals surface area contributed by atoms with Crippen LogP contribution in [0.1, 0.15) is 76.2 Å². The number of Topliss-reactive ketones (excluding diaryl/α,β-unsaturated/α-hetero) is 1. The number of carbonyl (C=O) groups excluding carboxylic acids is 3. The number of ether oxygens (including phenoxy) is 7. The van der Waals surface area contributed by atoms with E-state index in [4.69, 9.17) is 47.9 Å². The monoisotopic (exact) mass is 1410 g/mol. The number of piperazine rings is 1. The minimum absolute atomic E-state index is 0. The number of nitrogen functional groups attached to an aromatic ring is 1. The number of amides is 1. The van der Waals surface area contributed by atoms with Gasteiger partial charge >= 0.3 is 86.5 Å². The van der Waals surface area contributed by atoms with Crippen molar-refractivity contribution < 1.29 is 180 Å². The minimum Gasteiger partial charge on any atom is -0.872 e. The number of phosphoric acid groups is 2. The summed E-state index contributed by atoms with van der Waals surface area (Å²) >= 11 is 0. The Morgan fingerprint density at radius 2 is 1.50 bits per heavy atom. The molecule has 8 heterocycles. The van der Waals surface area contributed by atoms with Crippen LogP contribution >= 0.6 is 15.6 Å². The Morgan fingerprint density at radius 1 is 0.865 bits per heavy atom. The standard InChI is InChI=1S/C58H79N9O25P2.2Na/c1-25-12-11-13-26(2)55(78)64-39-32(20-63-66-17-15-65(9)16-18-66)43(71)36-37(46(39)74)42(70)29(5)51-38(36)52(77)58(8,91-51)84-19-14-33(83-10)27(3)49(87-31(7)68)30(6)50(28(4)41(25)69)90-57-48(76)45(73)35(89-57)22-86-94(81,82)92-93(79,80)85-21-34-44(72)47(75)56(88-34)67-24-62-40-53(59)60-23-61-54(40)67;;/h11-14,19-20,23-25,27-28,30,33-35,41,44-45,47-50,56-57,69-76H,15-18,21-22H2,1-10H3,(H,64,78)(H,79,80)(H,81,82)(H2,59,60,61);;/q;2*+1/p-2/b12-11+,19-14+,26-13-,63-20+;;/t25-,27+,28+,30-,33-,34+,35+,41-,44+,45+,47+,48+,49+,50+,56+,57+,58-;;/m0../s1. The van der Waals surface area contributed by atoms with Gasteiger partial charge in [0, 0.05) is 87.3 Å². The summed E-state index contributed by atoms with van der Waals surface area (Å²) in [4.78, 5) is 77.1. The average molecular weight is 1410 g/mol. The smallest absolute Gasteiger partial charge is 0.872 e. The second kappa shape index (κ2) is 31.8. The maximum atomic E-state index is 14.9. The number of fused-ring (bicyclic) bond motifs is 15. The van der Waals surface area contributed by atoms with Crippen molar-refractivity contribution in [3.8, 4) is 23.0 Å². The van der Waals surface area contributed by atoms with E-state index in [0.717, 1.165) is 25.7 Å². The summed E-state index contributed by atoms with van der Waals surface area (Å²) in [5, 5.41) is 105. The Morgan fingerprint density at radius 3 is 2.14 bits per heavy atom. The number of nitrogens with zero attached hydrogens (tertiary/aromatic N) is 7. The molecule has 2 aromatic carbocycles. The summed E-state index contributed by atoms with van der Waals surface area (Å²) < 4.78 is 83.8. The molecule has 19 atom stereocenters. The van der Waals surface area contributed by atoms with Crippen LogP contribution in [0.4, 0.5) is 11.5 Å². The van der Waals surface area contributed by atoms with E-state index in [2.05, 4.69) is 34.6 Å². The minimum atomic E-state index is -5.67. The number of carbonyl (C=O) groups is 3. The number of likely N-dealkylation sites (N-methyl/N-ethyl adjacent to an activating group) is 1. The number of aliphatic hydroxyl groups excluding tert-OH is 5. The molecule has 96 heavy (non-hydrogen) atoms. The Bertz CT molecular complexity index is 3750. The molecule has 11 N–H and O–H groups in total. The second-order valence-electron chi connectivity index (χ2n) is 24.0. The van der Waals surface area contributed by atoms with Crippen molar-refractivity contribution >= 4 is 73.0 Å². The van der Waals surface area contributed by atoms with E-state index in [1.165, 1.54) is 63.1 Å². The Kier molecular flexibility index (Phi) is 26.0. The van der Waals surface area contributed by atoms with Crippen LogP contribution in [0.3, 0.4) is 0 Å². The number of imidazole rings is 1. The van der Waals surface area contributed by atoms with Crippen molar-refractivity contribution in [3.63, 3.8) is 0 Å². The van der Waals surface area contributed by atoms with Crippen LogP contribution in [0, 0.1) is 30.6 Å². The number of phenolic OH excluding ortho intramolecular Hbond substituents is 1. The molecule has 38 heteroatoms. The third kappa shape index (κ3) is 16.5. The zero-order valence-corrected chi connectivity index (χ0v) is 60.5. The number of nitrogens with one attached hydrogen (secondary N) is 1. The first-order valence-corrected chi connectivity index (χ1v) is 32.8. The van der Waals surface area contributed by atoms with E-state index >= 15 is 0 Å². The largest absolute Gasteiger partial charge is 1.00 e. The van der Waals surface area contributed by atoms with Crippen molar-refractivity contribution in [2.75, 3.05) is 64.6 Å². The van der Waals surface area contributed by atoms with Gasteiger partial charge in [0.1, 0.15) is 66.1 Å². The van der Waals surface area contributed by atoms with Crippen molar-refractivity contribution in [1.82, 2.24) is 29.4 Å². The van der Waals surface area contributed by atoms with E-state index in [9.17, 15) is 74.2 Å². The first-order chi connectivity index (χ1) is 44.2. The third-order valence-corrected chi connectivity index (χ3v) is 20.0. The van der Waals surface area contributed by atoms with Gasteiger partial charge < -0.3 is 99.7 Å². The summed E-state index contributed by atoms with van der Waals surface area (Å²) in [6, 6.07) is 0. The normalized spacial score (nSPS) is 33.3. The molecule has 34 nitrogen and oxygen atoms in total. The number of benzene rings is 2. The number of phenols is 1. The molecule has 5 bridgehead atoms. The number of esters is 1. The summed E-state index contributed by atoms with van der Waals surface area (Å²) in [5.74, 6) is -11.6. The van der Waals surface area contributed by atoms with Crippen LogP contribution in [0.2, 0.25) is 0 Å². The number of hydrogen-bond donors (Lipinski definition) is 10. The molecule has 516 valence electrons. The molecular weight excluding hydrogens is 1330 g/mol. The van der Waals surface area contributed by atoms with Gasteiger partial charge in [-0.2, -0.15) is 9.41 Å². The zero-order chi connectivity index (χ0) is 68.8. The Labute approximate surface area is 594 Å². The van der Waals surface area contributed by atoms with E-state index in [0.29, 0.717) is 26.2 Å². The van der Waals surface area contributed by atoms with Gasteiger partial charge in [-0.3, -0.25) is 33.0 Å². The predicted molar refractivity (Wildman–Crippen MR) is 324 cm³/mol. The number of anilines is 2. The molecule has 0 radical (unpaired) electrons. The molecule has 4 aromatic rings. The number of hydrogen-bond acceptors (Lipinski definition) is 30. The molecule has 0 saturated carbocycles. The maximum absolute atomic E-state index is 14.9. The summed E-state index contributed by atoms with van der Waals surface area (Å²) in [6.45, 7) is 11.5. The number of aromatic hydroxyl groups is 1. The molecule has 0 spiro atoms. The molecule has 10 rings (SSSR count). The van der Waals surface area contributed by atoms with Crippen molar-refractivity contribution in [2.24, 2.45) is 28.8 Å². The van der Waals surface area contributed by atoms with Crippen LogP contribution in [0.25, 0.3) is 21.9 Å². The molecular formula is C58H77N9Na2O25P2. The van der Waals surface area contributed by atoms with Gasteiger partial charge in [-0.25, -0.2) is 24.1 Å². The number of ketones is 1. The number of hydrazone groups is 1. The molecule has 3 fully saturated rings. The van der Waals surface area contributed by atoms with Crippen LogP contribution in [0.5, 0.6) is 23.0 Å². The van der Waals surface area contributed by atoms with E-state index < -0.39 is 183 Å². The average Bonchev–Trinajstić information content (AvgIpc) is 1.44. The van der Waals surface area contributed by atoms with Gasteiger partial charge in [-0.15, -0.1) is 0 Å². The molecule has 6 aliphatic rings. The predicted octanol–water partition coefficient (Wildman–Crippen LogP) is -5.16. The SMILES string of the molecule is CO[C@H]1/C=C/O[C@@]2(C)Oc3c(C)c([O-])c4c(O)c(c(/C=N/N5CCN(C)CC5)c([O-])c4c3C2=O)NC(=O)/C(C)=C\C=C\[C@H](C)[C@H](O)[C@@H](C)[C@@H](O[C@H]2O[C@H](COP(=O)(O)OP(=O)(O)OC[C@H]3O[C@@H](n4cnc5c(N)ncnc54)[C@H](O)[C@@H]3O)[C@@H](O)[C@H]2O)[C@@H](C)[C@H](OC(C)=O)[C@@H]1C.[Na+].[Na+]. The first kappa shape index (κ1) is 78.5. The number of aromatic nitrogens is 4. The van der Waals surface area contributed by atoms with Gasteiger partial charge in [0.25, 0.3) is 11.7 Å². The second-order valence-corrected chi connectivity index (χ2v) is 27.0. The van der Waals surface area contributed by atoms with E-state index in [1.807, 2.05) is 7.05 Å². The maximum Gasteiger partial charge on any atom is 1.00 e. The molecule has 1 amide bonds. The van der Waals surface area contributed by atoms with Crippen LogP contribution in [-0.2, 0) is 60.5 Å². The Balaban J connectivity index is 0.00000650. The van der Waals surface area contributed by atoms with Crippen LogP contribution < -0.4 is 85.1 Å². The van der Waals surface area contributed by atoms with Gasteiger partial charge in [-0.05, 0) is 37.9 Å². The third-order valence-electron chi connectivity index (χ3n) is 17.4. The number of rotatable bonds is 15. The number of aliphatic hydroxyl groups is 5. The number of allylic oxidation sites excluding steroid dienone is 2. The molecule has 6 aliphatic heterocycles. The van der Waals surface area contributed by atoms with Crippen molar-refractivity contribution in [1.29, 1.82) is 0 Å². The topological polar surface area (TPSA) is 486 Å².